The van der Waals surface area contributed by atoms with E-state index in [0.717, 1.165) is 24.6 Å². The minimum Gasteiger partial charge on any atom is -0.457 e. The predicted octanol–water partition coefficient (Wildman–Crippen LogP) is 4.73. The van der Waals surface area contributed by atoms with Crippen molar-refractivity contribution in [2.75, 3.05) is 18.0 Å². The molecule has 0 aliphatic carbocycles. The third-order valence-corrected chi connectivity index (χ3v) is 3.57. The van der Waals surface area contributed by atoms with E-state index in [1.54, 1.807) is 0 Å². The Balaban J connectivity index is 1.72. The molecule has 3 rings (SSSR count). The summed E-state index contributed by atoms with van der Waals surface area (Å²) in [6.45, 7) is 2.32. The molecule has 19 heavy (non-hydrogen) atoms. The smallest absolute Gasteiger partial charge is 0.128 e. The molecule has 0 unspecified atom stereocenters. The lowest BCUT2D eigenvalue weighted by atomic mass is 10.3. The number of nitrogens with zero attached hydrogens (tertiary/aromatic N) is 1. The lowest BCUT2D eigenvalue weighted by molar-refractivity contribution is 0.483. The zero-order chi connectivity index (χ0) is 13.1. The Kier molecular flexibility index (Phi) is 3.60. The molecule has 0 amide bonds. The van der Waals surface area contributed by atoms with Crippen LogP contribution < -0.4 is 9.64 Å². The molecule has 2 aromatic rings. The van der Waals surface area contributed by atoms with Crippen molar-refractivity contribution in [1.82, 2.24) is 0 Å². The van der Waals surface area contributed by atoms with Gasteiger partial charge in [0, 0.05) is 23.8 Å². The van der Waals surface area contributed by atoms with E-state index in [0.29, 0.717) is 5.02 Å². The first-order valence-corrected chi connectivity index (χ1v) is 6.97. The Morgan fingerprint density at radius 1 is 0.895 bits per heavy atom. The Morgan fingerprint density at radius 2 is 1.63 bits per heavy atom. The van der Waals surface area contributed by atoms with Crippen LogP contribution in [-0.2, 0) is 0 Å². The molecule has 1 aliphatic rings. The third kappa shape index (κ3) is 3.02. The van der Waals surface area contributed by atoms with Crippen molar-refractivity contribution in [3.05, 3.63) is 53.6 Å². The molecule has 0 N–H and O–H groups in total. The summed E-state index contributed by atoms with van der Waals surface area (Å²) in [6.07, 6.45) is 2.58. The normalized spacial score (nSPS) is 14.7. The van der Waals surface area contributed by atoms with Gasteiger partial charge < -0.3 is 9.64 Å². The second kappa shape index (κ2) is 5.54. The van der Waals surface area contributed by atoms with Crippen molar-refractivity contribution >= 4 is 17.3 Å². The molecule has 2 aromatic carbocycles. The minimum atomic E-state index is 0.686. The topological polar surface area (TPSA) is 12.5 Å². The standard InChI is InChI=1S/C16H16ClNO/c17-13-4-3-5-16(12-13)19-15-8-6-14(7-9-15)18-10-1-2-11-18/h3-9,12H,1-2,10-11H2. The molecule has 1 aliphatic heterocycles. The van der Waals surface area contributed by atoms with E-state index in [2.05, 4.69) is 17.0 Å². The fourth-order valence-corrected chi connectivity index (χ4v) is 2.55. The number of ether oxygens (including phenoxy) is 1. The van der Waals surface area contributed by atoms with E-state index in [-0.39, 0.29) is 0 Å². The Hall–Kier alpha value is -1.67. The van der Waals surface area contributed by atoms with Crippen molar-refractivity contribution in [3.8, 4) is 11.5 Å². The highest BCUT2D eigenvalue weighted by Crippen LogP contribution is 2.27. The van der Waals surface area contributed by atoms with Crippen LogP contribution in [0.1, 0.15) is 12.8 Å². The van der Waals surface area contributed by atoms with Crippen molar-refractivity contribution < 1.29 is 4.74 Å². The van der Waals surface area contributed by atoms with Gasteiger partial charge in [0.2, 0.25) is 0 Å². The molecule has 1 heterocycles. The van der Waals surface area contributed by atoms with E-state index >= 15 is 0 Å². The maximum atomic E-state index is 5.94. The van der Waals surface area contributed by atoms with Gasteiger partial charge >= 0.3 is 0 Å². The lowest BCUT2D eigenvalue weighted by Gasteiger charge is -2.17. The summed E-state index contributed by atoms with van der Waals surface area (Å²) < 4.78 is 5.77. The van der Waals surface area contributed by atoms with Gasteiger partial charge in [0.05, 0.1) is 0 Å². The van der Waals surface area contributed by atoms with Gasteiger partial charge in [-0.15, -0.1) is 0 Å². The highest BCUT2D eigenvalue weighted by atomic mass is 35.5. The Morgan fingerprint density at radius 3 is 2.32 bits per heavy atom. The number of halogens is 1. The molecular formula is C16H16ClNO. The van der Waals surface area contributed by atoms with Crippen LogP contribution in [0.15, 0.2) is 48.5 Å². The van der Waals surface area contributed by atoms with Crippen molar-refractivity contribution in [1.29, 1.82) is 0 Å². The van der Waals surface area contributed by atoms with Gasteiger partial charge in [0.25, 0.3) is 0 Å². The van der Waals surface area contributed by atoms with Gasteiger partial charge in [-0.2, -0.15) is 0 Å². The number of hydrogen-bond acceptors (Lipinski definition) is 2. The van der Waals surface area contributed by atoms with Crippen LogP contribution in [-0.4, -0.2) is 13.1 Å². The van der Waals surface area contributed by atoms with Crippen LogP contribution >= 0.6 is 11.6 Å². The summed E-state index contributed by atoms with van der Waals surface area (Å²) in [6, 6.07) is 15.7. The SMILES string of the molecule is Clc1cccc(Oc2ccc(N3CCCC3)cc2)c1. The minimum absolute atomic E-state index is 0.686. The number of benzene rings is 2. The van der Waals surface area contributed by atoms with Crippen molar-refractivity contribution in [2.24, 2.45) is 0 Å². The molecule has 0 aromatic heterocycles. The van der Waals surface area contributed by atoms with Gasteiger partial charge in [0.1, 0.15) is 11.5 Å². The predicted molar refractivity (Wildman–Crippen MR) is 79.4 cm³/mol. The number of hydrogen-bond donors (Lipinski definition) is 0. The summed E-state index contributed by atoms with van der Waals surface area (Å²) >= 11 is 5.94. The Bertz CT molecular complexity index is 547. The summed E-state index contributed by atoms with van der Waals surface area (Å²) in [5, 5.41) is 0.686. The number of anilines is 1. The second-order valence-corrected chi connectivity index (χ2v) is 5.18. The lowest BCUT2D eigenvalue weighted by Crippen LogP contribution is -2.17. The van der Waals surface area contributed by atoms with Crippen molar-refractivity contribution in [2.45, 2.75) is 12.8 Å². The first-order chi connectivity index (χ1) is 9.31. The molecule has 98 valence electrons. The van der Waals surface area contributed by atoms with Gasteiger partial charge in [-0.1, -0.05) is 17.7 Å². The van der Waals surface area contributed by atoms with Crippen LogP contribution in [0, 0.1) is 0 Å². The molecule has 3 heteroatoms. The zero-order valence-electron chi connectivity index (χ0n) is 10.7. The summed E-state index contributed by atoms with van der Waals surface area (Å²) in [4.78, 5) is 2.41. The molecule has 0 spiro atoms. The van der Waals surface area contributed by atoms with E-state index in [9.17, 15) is 0 Å². The monoisotopic (exact) mass is 273 g/mol. The number of rotatable bonds is 3. The van der Waals surface area contributed by atoms with E-state index in [1.165, 1.54) is 18.5 Å². The van der Waals surface area contributed by atoms with E-state index < -0.39 is 0 Å². The van der Waals surface area contributed by atoms with Crippen LogP contribution in [0.2, 0.25) is 5.02 Å². The van der Waals surface area contributed by atoms with Gasteiger partial charge in [-0.25, -0.2) is 0 Å². The van der Waals surface area contributed by atoms with Crippen LogP contribution in [0.25, 0.3) is 0 Å². The maximum Gasteiger partial charge on any atom is 0.128 e. The quantitative estimate of drug-likeness (QED) is 0.801. The summed E-state index contributed by atoms with van der Waals surface area (Å²) in [5.74, 6) is 1.60. The average Bonchev–Trinajstić information content (AvgIpc) is 2.94. The molecular weight excluding hydrogens is 258 g/mol. The largest absolute Gasteiger partial charge is 0.457 e. The van der Waals surface area contributed by atoms with E-state index in [4.69, 9.17) is 16.3 Å². The van der Waals surface area contributed by atoms with Gasteiger partial charge in [-0.05, 0) is 55.3 Å². The summed E-state index contributed by atoms with van der Waals surface area (Å²) in [5.41, 5.74) is 1.27. The molecule has 0 bridgehead atoms. The van der Waals surface area contributed by atoms with Gasteiger partial charge in [-0.3, -0.25) is 0 Å². The first-order valence-electron chi connectivity index (χ1n) is 6.60. The van der Waals surface area contributed by atoms with Crippen LogP contribution in [0.3, 0.4) is 0 Å². The molecule has 0 atom stereocenters. The fourth-order valence-electron chi connectivity index (χ4n) is 2.37. The summed E-state index contributed by atoms with van der Waals surface area (Å²) in [7, 11) is 0. The molecule has 0 radical (unpaired) electrons. The molecule has 0 saturated carbocycles. The molecule has 2 nitrogen and oxygen atoms in total. The fraction of sp³-hybridized carbons (Fsp3) is 0.250. The average molecular weight is 274 g/mol. The third-order valence-electron chi connectivity index (χ3n) is 3.34. The second-order valence-electron chi connectivity index (χ2n) is 4.75. The Labute approximate surface area is 118 Å². The van der Waals surface area contributed by atoms with Gasteiger partial charge in [0.15, 0.2) is 0 Å². The first kappa shape index (κ1) is 12.4. The molecule has 1 saturated heterocycles. The zero-order valence-corrected chi connectivity index (χ0v) is 11.4. The van der Waals surface area contributed by atoms with Crippen molar-refractivity contribution in [3.63, 3.8) is 0 Å². The van der Waals surface area contributed by atoms with E-state index in [1.807, 2.05) is 36.4 Å². The van der Waals surface area contributed by atoms with Crippen LogP contribution in [0.4, 0.5) is 5.69 Å². The molecule has 1 fully saturated rings. The highest BCUT2D eigenvalue weighted by molar-refractivity contribution is 6.30. The van der Waals surface area contributed by atoms with Crippen LogP contribution in [0.5, 0.6) is 11.5 Å². The highest BCUT2D eigenvalue weighted by Gasteiger charge is 2.11. The maximum absolute atomic E-state index is 5.94.